The predicted octanol–water partition coefficient (Wildman–Crippen LogP) is 1.63. The maximum Gasteiger partial charge on any atom is 0.326 e. The van der Waals surface area contributed by atoms with Gasteiger partial charge in [0.2, 0.25) is 5.78 Å². The average molecular weight is 445 g/mol. The van der Waals surface area contributed by atoms with E-state index in [9.17, 15) is 14.4 Å². The largest absolute Gasteiger partial charge is 0.493 e. The summed E-state index contributed by atoms with van der Waals surface area (Å²) in [5.41, 5.74) is -0.490. The summed E-state index contributed by atoms with van der Waals surface area (Å²) in [6, 6.07) is 5.48. The number of carbonyl (C=O) groups excluding carboxylic acids is 3. The predicted molar refractivity (Wildman–Crippen MR) is 111 cm³/mol. The van der Waals surface area contributed by atoms with Crippen molar-refractivity contribution in [2.24, 2.45) is 5.41 Å². The van der Waals surface area contributed by atoms with Gasteiger partial charge in [0, 0.05) is 25.1 Å². The summed E-state index contributed by atoms with van der Waals surface area (Å²) in [7, 11) is 3.11. The molecule has 32 heavy (non-hydrogen) atoms. The molecule has 1 amide bonds. The second-order valence-electron chi connectivity index (χ2n) is 7.93. The zero-order valence-corrected chi connectivity index (χ0v) is 18.5. The van der Waals surface area contributed by atoms with Gasteiger partial charge in [0.05, 0.1) is 34.0 Å². The minimum Gasteiger partial charge on any atom is -0.493 e. The molecule has 2 saturated heterocycles. The zero-order chi connectivity index (χ0) is 22.9. The number of carbonyl (C=O) groups is 3. The molecule has 9 nitrogen and oxygen atoms in total. The van der Waals surface area contributed by atoms with Gasteiger partial charge < -0.3 is 28.6 Å². The fraction of sp³-hybridized carbons (Fsp3) is 0.522. The van der Waals surface area contributed by atoms with Crippen molar-refractivity contribution in [3.05, 3.63) is 35.5 Å². The number of fused-ring (bicyclic) bond motifs is 1. The molecule has 1 aliphatic carbocycles. The smallest absolute Gasteiger partial charge is 0.326 e. The number of rotatable bonds is 7. The molecule has 0 N–H and O–H groups in total. The molecular weight excluding hydrogens is 418 g/mol. The quantitative estimate of drug-likeness (QED) is 0.355. The van der Waals surface area contributed by atoms with Gasteiger partial charge in [-0.25, -0.2) is 0 Å². The lowest BCUT2D eigenvalue weighted by Crippen LogP contribution is -2.50. The van der Waals surface area contributed by atoms with Gasteiger partial charge in [0.15, 0.2) is 22.7 Å². The van der Waals surface area contributed by atoms with Crippen molar-refractivity contribution in [2.45, 2.75) is 32.0 Å². The first-order valence-corrected chi connectivity index (χ1v) is 10.6. The molecule has 3 aliphatic rings. The Bertz CT molecular complexity index is 965. The van der Waals surface area contributed by atoms with Crippen molar-refractivity contribution in [3.63, 3.8) is 0 Å². The van der Waals surface area contributed by atoms with E-state index in [1.54, 1.807) is 33.3 Å². The summed E-state index contributed by atoms with van der Waals surface area (Å²) < 4.78 is 27.4. The van der Waals surface area contributed by atoms with Crippen molar-refractivity contribution in [1.29, 1.82) is 0 Å². The molecule has 1 atom stereocenters. The SMILES string of the molecule is CCOC(=O)C12CC3(CC=C1N(CCc1ccc(OC)c(OC)c1)C(=O)C2=O)OCCO3. The van der Waals surface area contributed by atoms with Crippen LogP contribution in [0.15, 0.2) is 30.0 Å². The number of methoxy groups -OCH3 is 2. The lowest BCUT2D eigenvalue weighted by Gasteiger charge is -2.39. The van der Waals surface area contributed by atoms with Crippen LogP contribution in [-0.2, 0) is 35.0 Å². The van der Waals surface area contributed by atoms with Crippen LogP contribution in [0, 0.1) is 5.41 Å². The lowest BCUT2D eigenvalue weighted by atomic mass is 9.72. The maximum absolute atomic E-state index is 13.2. The number of ether oxygens (including phenoxy) is 5. The van der Waals surface area contributed by atoms with Gasteiger partial charge in [-0.05, 0) is 31.0 Å². The van der Waals surface area contributed by atoms with Crippen molar-refractivity contribution < 1.29 is 38.1 Å². The van der Waals surface area contributed by atoms with Crippen molar-refractivity contribution in [2.75, 3.05) is 40.6 Å². The number of ketones is 1. The van der Waals surface area contributed by atoms with E-state index in [4.69, 9.17) is 23.7 Å². The molecule has 172 valence electrons. The van der Waals surface area contributed by atoms with Gasteiger partial charge in [-0.15, -0.1) is 0 Å². The molecule has 0 bridgehead atoms. The minimum atomic E-state index is -1.74. The fourth-order valence-electron chi connectivity index (χ4n) is 4.68. The number of likely N-dealkylation sites (tertiary alicyclic amines) is 1. The molecule has 0 radical (unpaired) electrons. The topological polar surface area (TPSA) is 101 Å². The van der Waals surface area contributed by atoms with E-state index in [-0.39, 0.29) is 19.6 Å². The Morgan fingerprint density at radius 3 is 2.50 bits per heavy atom. The van der Waals surface area contributed by atoms with Crippen LogP contribution in [0.4, 0.5) is 0 Å². The molecular formula is C23H27NO8. The van der Waals surface area contributed by atoms with Crippen LogP contribution in [0.2, 0.25) is 0 Å². The number of amides is 1. The molecule has 2 fully saturated rings. The Morgan fingerprint density at radius 1 is 1.12 bits per heavy atom. The molecule has 1 spiro atoms. The van der Waals surface area contributed by atoms with Crippen LogP contribution >= 0.6 is 0 Å². The van der Waals surface area contributed by atoms with Crippen molar-refractivity contribution in [1.82, 2.24) is 4.90 Å². The molecule has 9 heteroatoms. The Hall–Kier alpha value is -2.91. The third kappa shape index (κ3) is 3.45. The molecule has 1 aromatic carbocycles. The Balaban J connectivity index is 1.64. The minimum absolute atomic E-state index is 0.0674. The standard InChI is InChI=1S/C23H27NO8/c1-4-30-21(27)23-14-22(31-11-12-32-22)9-7-18(23)24(20(26)19(23)25)10-8-15-5-6-16(28-2)17(13-15)29-3/h5-7,13H,4,8-12,14H2,1-3H3. The molecule has 0 saturated carbocycles. The first-order chi connectivity index (χ1) is 15.4. The van der Waals surface area contributed by atoms with Crippen LogP contribution in [0.3, 0.4) is 0 Å². The summed E-state index contributed by atoms with van der Waals surface area (Å²) in [5, 5.41) is 0. The number of Topliss-reactive ketones (excluding diaryl/α,β-unsaturated/α-hetero) is 1. The van der Waals surface area contributed by atoms with Gasteiger partial charge in [0.1, 0.15) is 0 Å². The summed E-state index contributed by atoms with van der Waals surface area (Å²) in [4.78, 5) is 40.7. The highest BCUT2D eigenvalue weighted by molar-refractivity contribution is 6.46. The van der Waals surface area contributed by atoms with E-state index in [2.05, 4.69) is 0 Å². The number of hydrogen-bond acceptors (Lipinski definition) is 8. The monoisotopic (exact) mass is 445 g/mol. The normalized spacial score (nSPS) is 23.8. The maximum atomic E-state index is 13.2. The van der Waals surface area contributed by atoms with Crippen LogP contribution in [0.25, 0.3) is 0 Å². The molecule has 1 aromatic rings. The molecule has 2 heterocycles. The first kappa shape index (κ1) is 22.3. The molecule has 1 unspecified atom stereocenters. The number of benzene rings is 1. The van der Waals surface area contributed by atoms with Crippen LogP contribution < -0.4 is 9.47 Å². The zero-order valence-electron chi connectivity index (χ0n) is 18.5. The summed E-state index contributed by atoms with van der Waals surface area (Å²) in [6.07, 6.45) is 2.44. The van der Waals surface area contributed by atoms with E-state index >= 15 is 0 Å². The summed E-state index contributed by atoms with van der Waals surface area (Å²) in [6.45, 7) is 2.72. The summed E-state index contributed by atoms with van der Waals surface area (Å²) >= 11 is 0. The van der Waals surface area contributed by atoms with E-state index in [0.29, 0.717) is 43.3 Å². The third-order valence-electron chi connectivity index (χ3n) is 6.21. The molecule has 2 aliphatic heterocycles. The van der Waals surface area contributed by atoms with E-state index < -0.39 is 28.9 Å². The summed E-state index contributed by atoms with van der Waals surface area (Å²) in [5.74, 6) is -2.18. The van der Waals surface area contributed by atoms with E-state index in [1.807, 2.05) is 12.1 Å². The van der Waals surface area contributed by atoms with E-state index in [1.165, 1.54) is 4.90 Å². The highest BCUT2D eigenvalue weighted by atomic mass is 16.7. The van der Waals surface area contributed by atoms with Crippen LogP contribution in [-0.4, -0.2) is 68.9 Å². The van der Waals surface area contributed by atoms with Crippen molar-refractivity contribution >= 4 is 17.7 Å². The van der Waals surface area contributed by atoms with Gasteiger partial charge >= 0.3 is 5.97 Å². The van der Waals surface area contributed by atoms with Gasteiger partial charge in [-0.3, -0.25) is 14.4 Å². The lowest BCUT2D eigenvalue weighted by molar-refractivity contribution is -0.192. The highest BCUT2D eigenvalue weighted by Gasteiger charge is 2.67. The molecule has 0 aromatic heterocycles. The Kier molecular flexibility index (Phi) is 5.96. The van der Waals surface area contributed by atoms with Gasteiger partial charge in [-0.1, -0.05) is 12.1 Å². The molecule has 4 rings (SSSR count). The third-order valence-corrected chi connectivity index (χ3v) is 6.21. The van der Waals surface area contributed by atoms with Crippen LogP contribution in [0.1, 0.15) is 25.3 Å². The number of hydrogen-bond donors (Lipinski definition) is 0. The highest BCUT2D eigenvalue weighted by Crippen LogP contribution is 2.52. The fourth-order valence-corrected chi connectivity index (χ4v) is 4.68. The Morgan fingerprint density at radius 2 is 1.84 bits per heavy atom. The van der Waals surface area contributed by atoms with Crippen LogP contribution in [0.5, 0.6) is 11.5 Å². The first-order valence-electron chi connectivity index (χ1n) is 10.6. The van der Waals surface area contributed by atoms with Gasteiger partial charge in [0.25, 0.3) is 5.91 Å². The second-order valence-corrected chi connectivity index (χ2v) is 7.93. The average Bonchev–Trinajstić information content (AvgIpc) is 3.34. The number of esters is 1. The number of nitrogens with zero attached hydrogens (tertiary/aromatic N) is 1. The van der Waals surface area contributed by atoms with E-state index in [0.717, 1.165) is 5.56 Å². The second kappa shape index (κ2) is 8.55. The van der Waals surface area contributed by atoms with Crippen molar-refractivity contribution in [3.8, 4) is 11.5 Å². The van der Waals surface area contributed by atoms with Gasteiger partial charge in [-0.2, -0.15) is 0 Å². The Labute approximate surface area is 186 Å².